The van der Waals surface area contributed by atoms with Crippen molar-refractivity contribution in [1.82, 2.24) is 14.9 Å². The van der Waals surface area contributed by atoms with Gasteiger partial charge in [0.05, 0.1) is 29.1 Å². The Morgan fingerprint density at radius 1 is 1.11 bits per heavy atom. The molecule has 11 heteroatoms. The number of likely N-dealkylation sites (N-methyl/N-ethyl adjacent to an activating group) is 2. The lowest BCUT2D eigenvalue weighted by atomic mass is 10.1. The number of nitro groups is 1. The van der Waals surface area contributed by atoms with E-state index in [0.717, 1.165) is 12.2 Å². The van der Waals surface area contributed by atoms with Crippen molar-refractivity contribution >= 4 is 34.3 Å². The van der Waals surface area contributed by atoms with E-state index in [2.05, 4.69) is 20.6 Å². The first-order valence-electron chi connectivity index (χ1n) is 10.9. The zero-order chi connectivity index (χ0) is 25.5. The summed E-state index contributed by atoms with van der Waals surface area (Å²) in [5.41, 5.74) is 2.85. The molecule has 35 heavy (non-hydrogen) atoms. The Morgan fingerprint density at radius 2 is 1.89 bits per heavy atom. The Morgan fingerprint density at radius 3 is 2.54 bits per heavy atom. The van der Waals surface area contributed by atoms with Crippen molar-refractivity contribution in [1.29, 1.82) is 5.41 Å². The van der Waals surface area contributed by atoms with Crippen molar-refractivity contribution < 1.29 is 9.66 Å². The maximum absolute atomic E-state index is 11.9. The number of nitrogens with zero attached hydrogens (tertiary/aromatic N) is 5. The maximum Gasteiger partial charge on any atom is 0.294 e. The normalized spacial score (nSPS) is 10.7. The number of pyridine rings is 2. The van der Waals surface area contributed by atoms with Gasteiger partial charge in [-0.2, -0.15) is 0 Å². The van der Waals surface area contributed by atoms with Gasteiger partial charge in [0.2, 0.25) is 0 Å². The topological polar surface area (TPSA) is 133 Å². The number of benzene rings is 1. The monoisotopic (exact) mass is 478 g/mol. The fourth-order valence-electron chi connectivity index (χ4n) is 3.48. The minimum absolute atomic E-state index is 0.0504. The molecule has 2 heterocycles. The highest BCUT2D eigenvalue weighted by Crippen LogP contribution is 2.39. The molecule has 3 rings (SSSR count). The van der Waals surface area contributed by atoms with Crippen molar-refractivity contribution in [2.75, 3.05) is 63.9 Å². The van der Waals surface area contributed by atoms with Crippen LogP contribution in [0.1, 0.15) is 11.3 Å². The largest absolute Gasteiger partial charge is 0.494 e. The third-order valence-electron chi connectivity index (χ3n) is 5.41. The molecule has 184 valence electrons. The second-order valence-electron chi connectivity index (χ2n) is 8.10. The van der Waals surface area contributed by atoms with Gasteiger partial charge in [0.15, 0.2) is 0 Å². The molecule has 0 bridgehead atoms. The minimum Gasteiger partial charge on any atom is -0.494 e. The molecule has 0 aliphatic rings. The van der Waals surface area contributed by atoms with Gasteiger partial charge in [-0.25, -0.2) is 4.98 Å². The summed E-state index contributed by atoms with van der Waals surface area (Å²) in [7, 11) is 8.99. The Balaban J connectivity index is 1.94. The molecule has 0 saturated carbocycles. The van der Waals surface area contributed by atoms with Crippen molar-refractivity contribution in [2.45, 2.75) is 0 Å². The third-order valence-corrected chi connectivity index (χ3v) is 5.41. The van der Waals surface area contributed by atoms with Gasteiger partial charge in [0, 0.05) is 57.3 Å². The lowest BCUT2D eigenvalue weighted by Crippen LogP contribution is -2.28. The molecule has 0 radical (unpaired) electrons. The lowest BCUT2D eigenvalue weighted by molar-refractivity contribution is -0.384. The Kier molecular flexibility index (Phi) is 8.16. The van der Waals surface area contributed by atoms with Crippen molar-refractivity contribution in [3.8, 4) is 5.75 Å². The summed E-state index contributed by atoms with van der Waals surface area (Å²) in [6.45, 7) is 1.35. The van der Waals surface area contributed by atoms with E-state index in [4.69, 9.17) is 10.1 Å². The lowest BCUT2D eigenvalue weighted by Gasteiger charge is -2.23. The highest BCUT2D eigenvalue weighted by Gasteiger charge is 2.22. The number of anilines is 4. The number of nitrogens with one attached hydrogen (secondary N) is 3. The van der Waals surface area contributed by atoms with E-state index >= 15 is 0 Å². The molecule has 0 spiro atoms. The zero-order valence-electron chi connectivity index (χ0n) is 20.5. The van der Waals surface area contributed by atoms with E-state index in [-0.39, 0.29) is 11.4 Å². The summed E-state index contributed by atoms with van der Waals surface area (Å²) in [4.78, 5) is 23.9. The van der Waals surface area contributed by atoms with Crippen LogP contribution < -0.4 is 20.3 Å². The maximum atomic E-state index is 11.9. The summed E-state index contributed by atoms with van der Waals surface area (Å²) in [6.07, 6.45) is 3.20. The van der Waals surface area contributed by atoms with E-state index in [1.165, 1.54) is 13.2 Å². The minimum atomic E-state index is -0.411. The number of hydrogen-bond donors (Lipinski definition) is 3. The van der Waals surface area contributed by atoms with E-state index in [1.807, 2.05) is 37.0 Å². The van der Waals surface area contributed by atoms with E-state index in [1.54, 1.807) is 43.7 Å². The van der Waals surface area contributed by atoms with Gasteiger partial charge in [-0.15, -0.1) is 0 Å². The molecule has 1 aromatic carbocycles. The molecule has 0 aliphatic carbocycles. The summed E-state index contributed by atoms with van der Waals surface area (Å²) >= 11 is 0. The number of ether oxygens (including phenoxy) is 1. The Labute approximate surface area is 204 Å². The predicted octanol–water partition coefficient (Wildman–Crippen LogP) is 3.59. The summed E-state index contributed by atoms with van der Waals surface area (Å²) < 4.78 is 5.54. The first-order valence-corrected chi connectivity index (χ1v) is 10.9. The molecule has 2 aromatic heterocycles. The molecule has 3 aromatic rings. The smallest absolute Gasteiger partial charge is 0.294 e. The molecule has 0 aliphatic heterocycles. The molecule has 3 N–H and O–H groups in total. The molecule has 0 saturated heterocycles. The molecular formula is C24H30N8O3. The van der Waals surface area contributed by atoms with E-state index in [0.29, 0.717) is 40.7 Å². The van der Waals surface area contributed by atoms with Gasteiger partial charge in [-0.3, -0.25) is 20.5 Å². The van der Waals surface area contributed by atoms with Crippen molar-refractivity contribution in [3.05, 3.63) is 70.2 Å². The average molecular weight is 479 g/mol. The van der Waals surface area contributed by atoms with Gasteiger partial charge in [0.25, 0.3) is 5.69 Å². The number of aromatic nitrogens is 2. The highest BCUT2D eigenvalue weighted by molar-refractivity contribution is 6.12. The first kappa shape index (κ1) is 25.4. The number of hydrogen-bond acceptors (Lipinski definition) is 10. The second kappa shape index (κ2) is 11.3. The summed E-state index contributed by atoms with van der Waals surface area (Å²) in [6, 6.07) is 10.1. The summed E-state index contributed by atoms with van der Waals surface area (Å²) in [5.74, 6) is 0.849. The SMILES string of the molecule is CNc1cccnc1C(=N)c1ccnc(Nc2cc([N+](=O)[O-])c(N(C)CCN(C)C)cc2OC)c1. The molecule has 0 amide bonds. The predicted molar refractivity (Wildman–Crippen MR) is 139 cm³/mol. The van der Waals surface area contributed by atoms with Crippen LogP contribution in [0.15, 0.2) is 48.8 Å². The van der Waals surface area contributed by atoms with Crippen LogP contribution in [-0.2, 0) is 0 Å². The van der Waals surface area contributed by atoms with Gasteiger partial charge < -0.3 is 25.2 Å². The molecular weight excluding hydrogens is 448 g/mol. The number of methoxy groups -OCH3 is 1. The zero-order valence-corrected chi connectivity index (χ0v) is 20.5. The van der Waals surface area contributed by atoms with Crippen LogP contribution in [0.4, 0.5) is 28.6 Å². The van der Waals surface area contributed by atoms with Crippen LogP contribution in [0.5, 0.6) is 5.75 Å². The summed E-state index contributed by atoms with van der Waals surface area (Å²) in [5, 5.41) is 26.6. The average Bonchev–Trinajstić information content (AvgIpc) is 2.86. The fourth-order valence-corrected chi connectivity index (χ4v) is 3.48. The van der Waals surface area contributed by atoms with Gasteiger partial charge in [0.1, 0.15) is 22.9 Å². The van der Waals surface area contributed by atoms with E-state index in [9.17, 15) is 10.1 Å². The number of nitro benzene ring substituents is 1. The van der Waals surface area contributed by atoms with Crippen LogP contribution in [0.3, 0.4) is 0 Å². The second-order valence-corrected chi connectivity index (χ2v) is 8.10. The van der Waals surface area contributed by atoms with Crippen LogP contribution >= 0.6 is 0 Å². The van der Waals surface area contributed by atoms with Gasteiger partial charge >= 0.3 is 0 Å². The highest BCUT2D eigenvalue weighted by atomic mass is 16.6. The van der Waals surface area contributed by atoms with Crippen LogP contribution in [0, 0.1) is 15.5 Å². The molecule has 0 fully saturated rings. The van der Waals surface area contributed by atoms with Gasteiger partial charge in [-0.1, -0.05) is 0 Å². The Hall–Kier alpha value is -4.25. The fraction of sp³-hybridized carbons (Fsp3) is 0.292. The standard InChI is InChI=1S/C24H30N8O3/c1-26-17-7-6-9-28-24(17)23(25)16-8-10-27-22(13-16)29-18-14-20(32(33)34)19(15-21(18)35-5)31(4)12-11-30(2)3/h6-10,13-15,25-26H,11-12H2,1-5H3,(H,27,29). The quantitative estimate of drug-likeness (QED) is 0.215. The third kappa shape index (κ3) is 6.01. The van der Waals surface area contributed by atoms with Crippen LogP contribution in [0.2, 0.25) is 0 Å². The first-order chi connectivity index (χ1) is 16.7. The number of rotatable bonds is 11. The van der Waals surface area contributed by atoms with E-state index < -0.39 is 4.92 Å². The van der Waals surface area contributed by atoms with Crippen LogP contribution in [-0.4, -0.2) is 73.9 Å². The van der Waals surface area contributed by atoms with Crippen LogP contribution in [0.25, 0.3) is 0 Å². The van der Waals surface area contributed by atoms with Crippen molar-refractivity contribution in [2.24, 2.45) is 0 Å². The Bertz CT molecular complexity index is 1220. The molecule has 0 unspecified atom stereocenters. The molecule has 0 atom stereocenters. The molecule has 11 nitrogen and oxygen atoms in total. The van der Waals surface area contributed by atoms with Crippen molar-refractivity contribution in [3.63, 3.8) is 0 Å². The van der Waals surface area contributed by atoms with Gasteiger partial charge in [-0.05, 0) is 38.4 Å².